The van der Waals surface area contributed by atoms with Crippen molar-refractivity contribution in [3.05, 3.63) is 90.1 Å². The Morgan fingerprint density at radius 1 is 1.03 bits per heavy atom. The molecule has 1 amide bonds. The molecule has 33 heavy (non-hydrogen) atoms. The molecular formula is C27H29N5O. The quantitative estimate of drug-likeness (QED) is 0.439. The molecule has 0 spiro atoms. The molecule has 6 nitrogen and oxygen atoms in total. The average molecular weight is 440 g/mol. The molecule has 0 N–H and O–H groups in total. The van der Waals surface area contributed by atoms with Crippen molar-refractivity contribution in [1.82, 2.24) is 24.2 Å². The number of hydrogen-bond donors (Lipinski definition) is 0. The molecule has 0 fully saturated rings. The number of hydrogen-bond acceptors (Lipinski definition) is 3. The van der Waals surface area contributed by atoms with Crippen molar-refractivity contribution >= 4 is 5.91 Å². The highest BCUT2D eigenvalue weighted by atomic mass is 16.2. The molecule has 0 saturated carbocycles. The first kappa shape index (κ1) is 21.2. The third kappa shape index (κ3) is 4.09. The van der Waals surface area contributed by atoms with Gasteiger partial charge in [0.05, 0.1) is 17.4 Å². The van der Waals surface area contributed by atoms with Gasteiger partial charge in [-0.1, -0.05) is 43.2 Å². The molecule has 5 rings (SSSR count). The van der Waals surface area contributed by atoms with E-state index in [0.717, 1.165) is 24.9 Å². The van der Waals surface area contributed by atoms with Crippen LogP contribution < -0.4 is 0 Å². The Morgan fingerprint density at radius 2 is 1.82 bits per heavy atom. The lowest BCUT2D eigenvalue weighted by molar-refractivity contribution is 0.0718. The van der Waals surface area contributed by atoms with E-state index in [1.54, 1.807) is 11.0 Å². The van der Waals surface area contributed by atoms with E-state index in [4.69, 9.17) is 0 Å². The van der Waals surface area contributed by atoms with Crippen molar-refractivity contribution in [3.63, 3.8) is 0 Å². The summed E-state index contributed by atoms with van der Waals surface area (Å²) in [5.41, 5.74) is 6.74. The van der Waals surface area contributed by atoms with Crippen molar-refractivity contribution < 1.29 is 4.79 Å². The lowest BCUT2D eigenvalue weighted by Gasteiger charge is -2.30. The first-order valence-corrected chi connectivity index (χ1v) is 11.6. The Morgan fingerprint density at radius 3 is 2.55 bits per heavy atom. The smallest absolute Gasteiger partial charge is 0.254 e. The first-order chi connectivity index (χ1) is 16.1. The van der Waals surface area contributed by atoms with Gasteiger partial charge in [-0.05, 0) is 60.2 Å². The SMILES string of the molecule is CN(C(=O)c1ccc(-n2cncn2)cc1)C1CCCCCc2c1cn(C)c2-c1ccccc1. The molecule has 0 bridgehead atoms. The molecule has 1 aliphatic rings. The maximum atomic E-state index is 13.5. The predicted octanol–water partition coefficient (Wildman–Crippen LogP) is 5.20. The summed E-state index contributed by atoms with van der Waals surface area (Å²) in [4.78, 5) is 19.4. The summed E-state index contributed by atoms with van der Waals surface area (Å²) in [6.07, 6.45) is 10.9. The van der Waals surface area contributed by atoms with Crippen LogP contribution in [0.5, 0.6) is 0 Å². The lowest BCUT2D eigenvalue weighted by atomic mass is 9.89. The molecule has 2 heterocycles. The summed E-state index contributed by atoms with van der Waals surface area (Å²) in [5.74, 6) is 0.0433. The fraction of sp³-hybridized carbons (Fsp3) is 0.296. The molecule has 1 atom stereocenters. The normalized spacial score (nSPS) is 16.0. The molecule has 0 saturated heterocycles. The van der Waals surface area contributed by atoms with Gasteiger partial charge in [-0.3, -0.25) is 4.79 Å². The van der Waals surface area contributed by atoms with Crippen molar-refractivity contribution in [3.8, 4) is 16.9 Å². The topological polar surface area (TPSA) is 56.0 Å². The van der Waals surface area contributed by atoms with E-state index in [1.807, 2.05) is 36.2 Å². The Bertz CT molecular complexity index is 1230. The summed E-state index contributed by atoms with van der Waals surface area (Å²) < 4.78 is 3.93. The van der Waals surface area contributed by atoms with Crippen molar-refractivity contribution in [2.24, 2.45) is 7.05 Å². The maximum absolute atomic E-state index is 13.5. The fourth-order valence-corrected chi connectivity index (χ4v) is 5.04. The van der Waals surface area contributed by atoms with E-state index in [9.17, 15) is 4.79 Å². The summed E-state index contributed by atoms with van der Waals surface area (Å²) in [6.45, 7) is 0. The number of fused-ring (bicyclic) bond motifs is 1. The molecular weight excluding hydrogens is 410 g/mol. The number of rotatable bonds is 4. The molecule has 0 radical (unpaired) electrons. The van der Waals surface area contributed by atoms with Crippen LogP contribution >= 0.6 is 0 Å². The second-order valence-corrected chi connectivity index (χ2v) is 8.81. The number of aromatic nitrogens is 4. The van der Waals surface area contributed by atoms with Gasteiger partial charge in [0, 0.05) is 25.9 Å². The second kappa shape index (κ2) is 9.06. The zero-order valence-corrected chi connectivity index (χ0v) is 19.2. The van der Waals surface area contributed by atoms with Gasteiger partial charge in [-0.2, -0.15) is 5.10 Å². The Labute approximate surface area is 194 Å². The minimum atomic E-state index is 0.0433. The zero-order valence-electron chi connectivity index (χ0n) is 19.2. The molecule has 0 aliphatic heterocycles. The van der Waals surface area contributed by atoms with Crippen LogP contribution in [0.25, 0.3) is 16.9 Å². The van der Waals surface area contributed by atoms with E-state index < -0.39 is 0 Å². The molecule has 1 unspecified atom stereocenters. The monoisotopic (exact) mass is 439 g/mol. The van der Waals surface area contributed by atoms with Gasteiger partial charge in [0.1, 0.15) is 12.7 Å². The Kier molecular flexibility index (Phi) is 5.82. The Balaban J connectivity index is 1.47. The molecule has 168 valence electrons. The minimum absolute atomic E-state index is 0.0433. The minimum Gasteiger partial charge on any atom is -0.350 e. The molecule has 2 aromatic heterocycles. The van der Waals surface area contributed by atoms with E-state index in [0.29, 0.717) is 5.56 Å². The van der Waals surface area contributed by atoms with Gasteiger partial charge in [0.15, 0.2) is 0 Å². The van der Waals surface area contributed by atoms with Crippen LogP contribution in [0.1, 0.15) is 53.2 Å². The maximum Gasteiger partial charge on any atom is 0.254 e. The van der Waals surface area contributed by atoms with E-state index in [1.165, 1.54) is 41.6 Å². The predicted molar refractivity (Wildman–Crippen MR) is 129 cm³/mol. The zero-order chi connectivity index (χ0) is 22.8. The van der Waals surface area contributed by atoms with Crippen molar-refractivity contribution in [2.75, 3.05) is 7.05 Å². The van der Waals surface area contributed by atoms with Crippen LogP contribution in [-0.4, -0.2) is 37.2 Å². The second-order valence-electron chi connectivity index (χ2n) is 8.81. The largest absolute Gasteiger partial charge is 0.350 e. The van der Waals surface area contributed by atoms with Crippen molar-refractivity contribution in [1.29, 1.82) is 0 Å². The van der Waals surface area contributed by atoms with Crippen LogP contribution in [0.3, 0.4) is 0 Å². The lowest BCUT2D eigenvalue weighted by Crippen LogP contribution is -2.32. The first-order valence-electron chi connectivity index (χ1n) is 11.6. The summed E-state index contributed by atoms with van der Waals surface area (Å²) >= 11 is 0. The Hall–Kier alpha value is -3.67. The summed E-state index contributed by atoms with van der Waals surface area (Å²) in [5, 5.41) is 4.16. The number of carbonyl (C=O) groups excluding carboxylic acids is 1. The van der Waals surface area contributed by atoms with Crippen LogP contribution in [0.15, 0.2) is 73.4 Å². The van der Waals surface area contributed by atoms with Crippen molar-refractivity contribution in [2.45, 2.75) is 38.1 Å². The van der Waals surface area contributed by atoms with Gasteiger partial charge >= 0.3 is 0 Å². The molecule has 1 aliphatic carbocycles. The number of aryl methyl sites for hydroxylation is 1. The van der Waals surface area contributed by atoms with Gasteiger partial charge in [-0.25, -0.2) is 9.67 Å². The number of benzene rings is 2. The van der Waals surface area contributed by atoms with E-state index in [-0.39, 0.29) is 11.9 Å². The van der Waals surface area contributed by atoms with Gasteiger partial charge < -0.3 is 9.47 Å². The van der Waals surface area contributed by atoms with E-state index in [2.05, 4.69) is 58.2 Å². The third-order valence-electron chi connectivity index (χ3n) is 6.72. The van der Waals surface area contributed by atoms with E-state index >= 15 is 0 Å². The highest BCUT2D eigenvalue weighted by molar-refractivity contribution is 5.94. The average Bonchev–Trinajstić information content (AvgIpc) is 3.48. The van der Waals surface area contributed by atoms with Gasteiger partial charge in [0.25, 0.3) is 5.91 Å². The number of carbonyl (C=O) groups is 1. The summed E-state index contributed by atoms with van der Waals surface area (Å²) in [7, 11) is 4.06. The number of nitrogens with zero attached hydrogens (tertiary/aromatic N) is 5. The summed E-state index contributed by atoms with van der Waals surface area (Å²) in [6, 6.07) is 18.2. The van der Waals surface area contributed by atoms with Crippen LogP contribution in [0.2, 0.25) is 0 Å². The molecule has 2 aromatic carbocycles. The third-order valence-corrected chi connectivity index (χ3v) is 6.72. The molecule has 4 aromatic rings. The van der Waals surface area contributed by atoms with Crippen LogP contribution in [0, 0.1) is 0 Å². The highest BCUT2D eigenvalue weighted by Gasteiger charge is 2.29. The molecule has 6 heteroatoms. The van der Waals surface area contributed by atoms with Gasteiger partial charge in [-0.15, -0.1) is 0 Å². The standard InChI is InChI=1S/C27H29N5O/c1-30-17-24-23(26(30)20-9-5-3-6-10-20)11-7-4-8-12-25(24)31(2)27(33)21-13-15-22(16-14-21)32-19-28-18-29-32/h3,5-6,9-10,13-19,25H,4,7-8,11-12H2,1-2H3. The highest BCUT2D eigenvalue weighted by Crippen LogP contribution is 2.38. The number of amides is 1. The fourth-order valence-electron chi connectivity index (χ4n) is 5.04. The van der Waals surface area contributed by atoms with Gasteiger partial charge in [0.2, 0.25) is 0 Å². The van der Waals surface area contributed by atoms with Crippen LogP contribution in [0.4, 0.5) is 0 Å². The van der Waals surface area contributed by atoms with Crippen LogP contribution in [-0.2, 0) is 13.5 Å².